The van der Waals surface area contributed by atoms with Crippen LogP contribution < -0.4 is 10.7 Å². The van der Waals surface area contributed by atoms with E-state index in [1.165, 1.54) is 11.8 Å². The molecule has 2 aromatic rings. The number of allylic oxidation sites excluding steroid dienone is 1. The highest BCUT2D eigenvalue weighted by molar-refractivity contribution is 5.83. The van der Waals surface area contributed by atoms with Crippen molar-refractivity contribution in [3.05, 3.63) is 60.1 Å². The summed E-state index contributed by atoms with van der Waals surface area (Å²) in [6.45, 7) is 2.18. The van der Waals surface area contributed by atoms with Crippen molar-refractivity contribution in [3.63, 3.8) is 0 Å². The molecule has 0 unspecified atom stereocenters. The van der Waals surface area contributed by atoms with E-state index >= 15 is 0 Å². The molecule has 1 heterocycles. The van der Waals surface area contributed by atoms with Crippen LogP contribution in [0.25, 0.3) is 6.08 Å². The molecule has 1 amide bonds. The number of carbonyl (C=O) groups excluding carboxylic acids is 1. The van der Waals surface area contributed by atoms with E-state index in [9.17, 15) is 4.79 Å². The normalized spacial score (nSPS) is 11.1. The van der Waals surface area contributed by atoms with Gasteiger partial charge in [0.25, 0.3) is 5.91 Å². The first kappa shape index (κ1) is 14.6. The third kappa shape index (κ3) is 5.36. The number of nitrogens with zero attached hydrogens (tertiary/aromatic N) is 1. The number of rotatable bonds is 6. The van der Waals surface area contributed by atoms with Crippen molar-refractivity contribution in [1.29, 1.82) is 0 Å². The number of aryl methyl sites for hydroxylation is 1. The van der Waals surface area contributed by atoms with Crippen molar-refractivity contribution in [2.24, 2.45) is 5.10 Å². The number of carbonyl (C=O) groups is 1. The van der Waals surface area contributed by atoms with Crippen molar-refractivity contribution in [2.45, 2.75) is 6.92 Å². The van der Waals surface area contributed by atoms with Gasteiger partial charge in [-0.2, -0.15) is 5.10 Å². The van der Waals surface area contributed by atoms with Crippen LogP contribution in [0.4, 0.5) is 5.69 Å². The number of nitrogens with one attached hydrogen (secondary N) is 2. The summed E-state index contributed by atoms with van der Waals surface area (Å²) in [7, 11) is 0. The van der Waals surface area contributed by atoms with Crippen molar-refractivity contribution >= 4 is 23.9 Å². The number of benzene rings is 1. The van der Waals surface area contributed by atoms with E-state index in [2.05, 4.69) is 15.8 Å². The zero-order chi connectivity index (χ0) is 14.9. The lowest BCUT2D eigenvalue weighted by Gasteiger charge is -2.05. The summed E-state index contributed by atoms with van der Waals surface area (Å²) in [5, 5.41) is 6.82. The van der Waals surface area contributed by atoms with Gasteiger partial charge in [-0.15, -0.1) is 0 Å². The third-order valence-corrected chi connectivity index (χ3v) is 2.66. The Balaban J connectivity index is 1.68. The van der Waals surface area contributed by atoms with Crippen LogP contribution >= 0.6 is 0 Å². The van der Waals surface area contributed by atoms with E-state index in [0.717, 1.165) is 11.4 Å². The first-order chi connectivity index (χ1) is 10.2. The molecule has 1 aromatic heterocycles. The second kappa shape index (κ2) is 7.69. The third-order valence-electron chi connectivity index (χ3n) is 2.66. The number of amides is 1. The van der Waals surface area contributed by atoms with Crippen LogP contribution in [0.15, 0.2) is 58.3 Å². The zero-order valence-electron chi connectivity index (χ0n) is 11.7. The Kier molecular flexibility index (Phi) is 5.34. The lowest BCUT2D eigenvalue weighted by atomic mass is 10.2. The first-order valence-electron chi connectivity index (χ1n) is 6.56. The van der Waals surface area contributed by atoms with Crippen LogP contribution in [0.5, 0.6) is 0 Å². The fourth-order valence-electron chi connectivity index (χ4n) is 1.57. The Morgan fingerprint density at radius 2 is 2.10 bits per heavy atom. The maximum atomic E-state index is 11.5. The van der Waals surface area contributed by atoms with Gasteiger partial charge in [-0.25, -0.2) is 5.43 Å². The Morgan fingerprint density at radius 3 is 2.81 bits per heavy atom. The molecule has 0 spiro atoms. The van der Waals surface area contributed by atoms with Crippen molar-refractivity contribution in [1.82, 2.24) is 5.43 Å². The van der Waals surface area contributed by atoms with Gasteiger partial charge in [0.1, 0.15) is 5.76 Å². The molecule has 0 fully saturated rings. The fourth-order valence-corrected chi connectivity index (χ4v) is 1.57. The Bertz CT molecular complexity index is 613. The molecular weight excluding hydrogens is 266 g/mol. The minimum absolute atomic E-state index is 0.169. The summed E-state index contributed by atoms with van der Waals surface area (Å²) in [5.41, 5.74) is 4.51. The maximum Gasteiger partial charge on any atom is 0.259 e. The SMILES string of the molecule is Cc1ccc(NCC(=O)N/N=C/C=C/c2ccco2)cc1. The number of hydrogen-bond donors (Lipinski definition) is 2. The van der Waals surface area contributed by atoms with E-state index in [0.29, 0.717) is 0 Å². The Morgan fingerprint density at radius 1 is 1.29 bits per heavy atom. The topological polar surface area (TPSA) is 66.6 Å². The number of hydrazone groups is 1. The van der Waals surface area contributed by atoms with Gasteiger partial charge in [-0.1, -0.05) is 17.7 Å². The highest BCUT2D eigenvalue weighted by Gasteiger charge is 1.98. The molecule has 0 atom stereocenters. The van der Waals surface area contributed by atoms with Crippen LogP contribution in [0.1, 0.15) is 11.3 Å². The van der Waals surface area contributed by atoms with Gasteiger partial charge in [-0.3, -0.25) is 4.79 Å². The van der Waals surface area contributed by atoms with Gasteiger partial charge in [-0.05, 0) is 43.3 Å². The van der Waals surface area contributed by atoms with Gasteiger partial charge in [0.05, 0.1) is 12.8 Å². The highest BCUT2D eigenvalue weighted by Crippen LogP contribution is 2.07. The Labute approximate surface area is 123 Å². The first-order valence-corrected chi connectivity index (χ1v) is 6.56. The number of hydrogen-bond acceptors (Lipinski definition) is 4. The molecule has 0 saturated heterocycles. The van der Waals surface area contributed by atoms with Crippen molar-refractivity contribution < 1.29 is 9.21 Å². The molecule has 0 saturated carbocycles. The van der Waals surface area contributed by atoms with E-state index in [4.69, 9.17) is 4.42 Å². The van der Waals surface area contributed by atoms with Gasteiger partial charge in [0.2, 0.25) is 0 Å². The number of anilines is 1. The molecule has 0 aliphatic carbocycles. The summed E-state index contributed by atoms with van der Waals surface area (Å²) in [6.07, 6.45) is 6.52. The summed E-state index contributed by atoms with van der Waals surface area (Å²) < 4.78 is 5.11. The molecule has 2 rings (SSSR count). The molecule has 0 aliphatic heterocycles. The van der Waals surface area contributed by atoms with E-state index in [-0.39, 0.29) is 12.5 Å². The zero-order valence-corrected chi connectivity index (χ0v) is 11.7. The molecule has 0 aliphatic rings. The highest BCUT2D eigenvalue weighted by atomic mass is 16.3. The fraction of sp³-hybridized carbons (Fsp3) is 0.125. The molecule has 5 nitrogen and oxygen atoms in total. The van der Waals surface area contributed by atoms with Crippen molar-refractivity contribution in [3.8, 4) is 0 Å². The molecular formula is C16H17N3O2. The average molecular weight is 283 g/mol. The van der Waals surface area contributed by atoms with Crippen molar-refractivity contribution in [2.75, 3.05) is 11.9 Å². The van der Waals surface area contributed by atoms with Gasteiger partial charge >= 0.3 is 0 Å². The second-order valence-electron chi connectivity index (χ2n) is 4.41. The lowest BCUT2D eigenvalue weighted by molar-refractivity contribution is -0.119. The minimum atomic E-state index is -0.210. The standard InChI is InChI=1S/C16H17N3O2/c1-13-6-8-14(9-7-13)17-12-16(20)19-18-10-2-4-15-5-3-11-21-15/h2-11,17H,12H2,1H3,(H,19,20)/b4-2+,18-10+. The van der Waals surface area contributed by atoms with Crippen LogP contribution in [0, 0.1) is 6.92 Å². The van der Waals surface area contributed by atoms with E-state index < -0.39 is 0 Å². The van der Waals surface area contributed by atoms with Gasteiger partial charge in [0.15, 0.2) is 0 Å². The monoisotopic (exact) mass is 283 g/mol. The van der Waals surface area contributed by atoms with Crippen LogP contribution in [-0.2, 0) is 4.79 Å². The molecule has 21 heavy (non-hydrogen) atoms. The van der Waals surface area contributed by atoms with Crippen LogP contribution in [0.3, 0.4) is 0 Å². The number of furan rings is 1. The Hall–Kier alpha value is -2.82. The lowest BCUT2D eigenvalue weighted by Crippen LogP contribution is -2.25. The summed E-state index contributed by atoms with van der Waals surface area (Å²) in [5.74, 6) is 0.520. The largest absolute Gasteiger partial charge is 0.465 e. The second-order valence-corrected chi connectivity index (χ2v) is 4.41. The molecule has 108 valence electrons. The predicted molar refractivity (Wildman–Crippen MR) is 84.0 cm³/mol. The van der Waals surface area contributed by atoms with Gasteiger partial charge < -0.3 is 9.73 Å². The minimum Gasteiger partial charge on any atom is -0.465 e. The summed E-state index contributed by atoms with van der Waals surface area (Å²) in [6, 6.07) is 11.5. The summed E-state index contributed by atoms with van der Waals surface area (Å²) >= 11 is 0. The predicted octanol–water partition coefficient (Wildman–Crippen LogP) is 2.82. The molecule has 0 radical (unpaired) electrons. The van der Waals surface area contributed by atoms with E-state index in [1.807, 2.05) is 37.3 Å². The summed E-state index contributed by atoms with van der Waals surface area (Å²) in [4.78, 5) is 11.5. The van der Waals surface area contributed by atoms with Crippen LogP contribution in [0.2, 0.25) is 0 Å². The van der Waals surface area contributed by atoms with Gasteiger partial charge in [0, 0.05) is 11.9 Å². The molecule has 5 heteroatoms. The smallest absolute Gasteiger partial charge is 0.259 e. The van der Waals surface area contributed by atoms with Crippen LogP contribution in [-0.4, -0.2) is 18.7 Å². The quantitative estimate of drug-likeness (QED) is 0.633. The maximum absolute atomic E-state index is 11.5. The molecule has 1 aromatic carbocycles. The molecule has 0 bridgehead atoms. The van der Waals surface area contributed by atoms with E-state index in [1.54, 1.807) is 24.5 Å². The average Bonchev–Trinajstić information content (AvgIpc) is 2.99. The molecule has 2 N–H and O–H groups in total.